The molecule has 4 atom stereocenters. The number of phenolic OH excluding ortho intramolecular Hbond substituents is 1. The van der Waals surface area contributed by atoms with Crippen LogP contribution in [0.15, 0.2) is 48.5 Å². The van der Waals surface area contributed by atoms with Gasteiger partial charge in [-0.3, -0.25) is 14.4 Å². The highest BCUT2D eigenvalue weighted by molar-refractivity contribution is 5.96. The Morgan fingerprint density at radius 1 is 0.820 bits per heavy atom. The topological polar surface area (TPSA) is 177 Å². The molecule has 2 aromatic carbocycles. The maximum atomic E-state index is 14.7. The van der Waals surface area contributed by atoms with E-state index >= 15 is 0 Å². The van der Waals surface area contributed by atoms with Gasteiger partial charge in [-0.2, -0.15) is 0 Å². The van der Waals surface area contributed by atoms with Gasteiger partial charge in [-0.1, -0.05) is 62.4 Å². The number of para-hydroxylation sites is 1. The second kappa shape index (κ2) is 17.9. The average molecular weight is 697 g/mol. The minimum absolute atomic E-state index is 0.0787. The fourth-order valence-electron chi connectivity index (χ4n) is 5.33. The van der Waals surface area contributed by atoms with Gasteiger partial charge < -0.3 is 35.8 Å². The van der Waals surface area contributed by atoms with Crippen molar-refractivity contribution in [2.75, 3.05) is 0 Å². The Balaban J connectivity index is 2.78. The summed E-state index contributed by atoms with van der Waals surface area (Å²) in [6.07, 6.45) is -0.384. The summed E-state index contributed by atoms with van der Waals surface area (Å²) in [5.74, 6) is -3.14. The van der Waals surface area contributed by atoms with Crippen LogP contribution < -0.4 is 16.4 Å². The van der Waals surface area contributed by atoms with Gasteiger partial charge in [-0.15, -0.1) is 0 Å². The largest absolute Gasteiger partial charge is 0.507 e. The number of rotatable bonds is 15. The average Bonchev–Trinajstić information content (AvgIpc) is 2.97. The number of esters is 1. The van der Waals surface area contributed by atoms with E-state index in [0.29, 0.717) is 18.4 Å². The van der Waals surface area contributed by atoms with Gasteiger partial charge in [-0.05, 0) is 85.3 Å². The van der Waals surface area contributed by atoms with Gasteiger partial charge in [0.2, 0.25) is 17.7 Å². The van der Waals surface area contributed by atoms with Gasteiger partial charge in [-0.25, -0.2) is 9.59 Å². The van der Waals surface area contributed by atoms with E-state index < -0.39 is 71.6 Å². The van der Waals surface area contributed by atoms with Crippen molar-refractivity contribution in [1.82, 2.24) is 15.5 Å². The highest BCUT2D eigenvalue weighted by atomic mass is 16.6. The number of amides is 4. The number of nitrogens with one attached hydrogen (secondary N) is 2. The quantitative estimate of drug-likeness (QED) is 0.183. The number of phenols is 1. The van der Waals surface area contributed by atoms with Crippen LogP contribution >= 0.6 is 0 Å². The zero-order valence-corrected chi connectivity index (χ0v) is 31.2. The van der Waals surface area contributed by atoms with Crippen LogP contribution in [0.25, 0.3) is 0 Å². The van der Waals surface area contributed by atoms with Crippen molar-refractivity contribution in [3.8, 4) is 5.75 Å². The summed E-state index contributed by atoms with van der Waals surface area (Å²) in [6, 6.07) is 9.02. The van der Waals surface area contributed by atoms with Crippen LogP contribution in [-0.4, -0.2) is 69.1 Å². The minimum Gasteiger partial charge on any atom is -0.507 e. The third-order valence-electron chi connectivity index (χ3n) is 7.67. The molecule has 0 aliphatic carbocycles. The molecule has 4 unspecified atom stereocenters. The first-order chi connectivity index (χ1) is 23.1. The number of alkyl carbamates (subject to hydrolysis) is 1. The van der Waals surface area contributed by atoms with Crippen molar-refractivity contribution in [3.05, 3.63) is 65.2 Å². The molecule has 0 heterocycles. The van der Waals surface area contributed by atoms with E-state index in [4.69, 9.17) is 15.2 Å². The zero-order chi connectivity index (χ0) is 38.0. The molecule has 276 valence electrons. The van der Waals surface area contributed by atoms with Gasteiger partial charge in [0.15, 0.2) is 0 Å². The number of hydrogen-bond acceptors (Lipinski definition) is 8. The molecular formula is C38H56N4O8. The van der Waals surface area contributed by atoms with Crippen LogP contribution in [0, 0.1) is 12.8 Å². The summed E-state index contributed by atoms with van der Waals surface area (Å²) in [5, 5.41) is 16.7. The van der Waals surface area contributed by atoms with E-state index in [1.807, 2.05) is 44.2 Å². The van der Waals surface area contributed by atoms with Crippen LogP contribution in [0.2, 0.25) is 0 Å². The van der Waals surface area contributed by atoms with E-state index in [1.54, 1.807) is 67.5 Å². The number of aromatic hydroxyl groups is 1. The number of carbonyl (C=O) groups is 5. The van der Waals surface area contributed by atoms with Gasteiger partial charge in [0.05, 0.1) is 6.42 Å². The number of hydrogen-bond donors (Lipinski definition) is 4. The lowest BCUT2D eigenvalue weighted by Gasteiger charge is -2.39. The first-order valence-electron chi connectivity index (χ1n) is 17.0. The van der Waals surface area contributed by atoms with Gasteiger partial charge in [0.1, 0.15) is 35.1 Å². The molecule has 0 saturated heterocycles. The molecule has 0 radical (unpaired) electrons. The Morgan fingerprint density at radius 2 is 1.42 bits per heavy atom. The molecule has 2 aromatic rings. The summed E-state index contributed by atoms with van der Waals surface area (Å²) >= 11 is 0. The SMILES string of the molecule is Cc1cccc(C(C(=O)NC(Cc2ccccc2)C(=O)OC(C)(C)C)N(C(=O)C(CC(N)=O)NC(=O)OC(C)(C)C)C(C)CCC(C)C)c1O. The van der Waals surface area contributed by atoms with E-state index in [2.05, 4.69) is 10.6 Å². The summed E-state index contributed by atoms with van der Waals surface area (Å²) in [6.45, 7) is 17.5. The standard InChI is InChI=1S/C38H56N4O8/c1-23(2)19-20-25(4)42(34(46)28(22-30(39)43)41-36(48)50-38(8,9)10)31(27-18-14-15-24(3)32(27)44)33(45)40-29(35(47)49-37(5,6)7)21-26-16-12-11-13-17-26/h11-18,23,25,28-29,31,44H,19-22H2,1-10H3,(H2,39,43)(H,40,45)(H,41,48). The lowest BCUT2D eigenvalue weighted by atomic mass is 9.94. The van der Waals surface area contributed by atoms with Gasteiger partial charge >= 0.3 is 12.1 Å². The summed E-state index contributed by atoms with van der Waals surface area (Å²) in [4.78, 5) is 69.4. The molecule has 0 aliphatic heterocycles. The summed E-state index contributed by atoms with van der Waals surface area (Å²) in [7, 11) is 0. The maximum Gasteiger partial charge on any atom is 0.408 e. The predicted molar refractivity (Wildman–Crippen MR) is 191 cm³/mol. The smallest absolute Gasteiger partial charge is 0.408 e. The lowest BCUT2D eigenvalue weighted by Crippen LogP contribution is -2.57. The molecule has 0 fully saturated rings. The number of nitrogens with two attached hydrogens (primary N) is 1. The molecule has 0 bridgehead atoms. The Morgan fingerprint density at radius 3 is 1.96 bits per heavy atom. The van der Waals surface area contributed by atoms with E-state index in [9.17, 15) is 29.1 Å². The van der Waals surface area contributed by atoms with E-state index in [-0.39, 0.29) is 23.7 Å². The first-order valence-corrected chi connectivity index (χ1v) is 17.0. The molecule has 12 nitrogen and oxygen atoms in total. The highest BCUT2D eigenvalue weighted by Gasteiger charge is 2.42. The predicted octanol–water partition coefficient (Wildman–Crippen LogP) is 5.23. The van der Waals surface area contributed by atoms with Crippen molar-refractivity contribution in [3.63, 3.8) is 0 Å². The second-order valence-corrected chi connectivity index (χ2v) is 15.1. The van der Waals surface area contributed by atoms with Crippen LogP contribution in [0.1, 0.15) is 104 Å². The third kappa shape index (κ3) is 13.4. The molecule has 4 amide bonds. The van der Waals surface area contributed by atoms with Crippen molar-refractivity contribution >= 4 is 29.8 Å². The van der Waals surface area contributed by atoms with Gasteiger partial charge in [0, 0.05) is 18.0 Å². The summed E-state index contributed by atoms with van der Waals surface area (Å²) < 4.78 is 11.1. The van der Waals surface area contributed by atoms with Crippen molar-refractivity contribution in [1.29, 1.82) is 0 Å². The van der Waals surface area contributed by atoms with Crippen LogP contribution in [0.5, 0.6) is 5.75 Å². The maximum absolute atomic E-state index is 14.7. The Labute approximate surface area is 296 Å². The third-order valence-corrected chi connectivity index (χ3v) is 7.67. The molecule has 12 heteroatoms. The molecule has 0 spiro atoms. The lowest BCUT2D eigenvalue weighted by molar-refractivity contribution is -0.159. The second-order valence-electron chi connectivity index (χ2n) is 15.1. The molecule has 5 N–H and O–H groups in total. The van der Waals surface area contributed by atoms with Gasteiger partial charge in [0.25, 0.3) is 0 Å². The Hall–Kier alpha value is -4.61. The Kier molecular flexibility index (Phi) is 14.9. The van der Waals surface area contributed by atoms with Crippen molar-refractivity contribution in [2.45, 2.75) is 130 Å². The number of nitrogens with zero attached hydrogens (tertiary/aromatic N) is 1. The molecule has 50 heavy (non-hydrogen) atoms. The fourth-order valence-corrected chi connectivity index (χ4v) is 5.33. The van der Waals surface area contributed by atoms with E-state index in [1.165, 1.54) is 11.0 Å². The molecule has 0 saturated carbocycles. The number of benzene rings is 2. The normalized spacial score (nSPS) is 14.1. The molecule has 0 aromatic heterocycles. The Bertz CT molecular complexity index is 1480. The van der Waals surface area contributed by atoms with Crippen molar-refractivity contribution in [2.24, 2.45) is 11.7 Å². The number of carbonyl (C=O) groups excluding carboxylic acids is 5. The van der Waals surface area contributed by atoms with Crippen molar-refractivity contribution < 1.29 is 38.6 Å². The summed E-state index contributed by atoms with van der Waals surface area (Å²) in [5.41, 5.74) is 5.04. The molecular weight excluding hydrogens is 640 g/mol. The number of ether oxygens (including phenoxy) is 2. The number of aryl methyl sites for hydroxylation is 1. The zero-order valence-electron chi connectivity index (χ0n) is 31.2. The number of primary amides is 1. The van der Waals surface area contributed by atoms with E-state index in [0.717, 1.165) is 5.56 Å². The molecule has 2 rings (SSSR count). The first kappa shape index (κ1) is 41.6. The fraction of sp³-hybridized carbons (Fsp3) is 0.553. The van der Waals surface area contributed by atoms with Crippen LogP contribution in [0.3, 0.4) is 0 Å². The highest BCUT2D eigenvalue weighted by Crippen LogP contribution is 2.35. The minimum atomic E-state index is -1.52. The van der Waals surface area contributed by atoms with Crippen LogP contribution in [-0.2, 0) is 35.1 Å². The monoisotopic (exact) mass is 696 g/mol. The molecule has 0 aliphatic rings. The van der Waals surface area contributed by atoms with Crippen LogP contribution in [0.4, 0.5) is 4.79 Å².